The number of aromatic amines is 1. The highest BCUT2D eigenvalue weighted by Gasteiger charge is 2.42. The van der Waals surface area contributed by atoms with E-state index in [0.29, 0.717) is 6.42 Å². The van der Waals surface area contributed by atoms with Crippen LogP contribution in [0.1, 0.15) is 38.4 Å². The van der Waals surface area contributed by atoms with Crippen molar-refractivity contribution in [2.24, 2.45) is 5.41 Å². The van der Waals surface area contributed by atoms with Gasteiger partial charge in [-0.1, -0.05) is 12.1 Å². The Morgan fingerprint density at radius 1 is 1.29 bits per heavy atom. The minimum atomic E-state index is 0.0233. The fraction of sp³-hybridized carbons (Fsp3) is 0.571. The van der Waals surface area contributed by atoms with E-state index >= 15 is 0 Å². The number of aromatic nitrogens is 2. The molecule has 0 aliphatic carbocycles. The van der Waals surface area contributed by atoms with Gasteiger partial charge < -0.3 is 19.5 Å². The van der Waals surface area contributed by atoms with Crippen LogP contribution < -0.4 is 0 Å². The predicted molar refractivity (Wildman–Crippen MR) is 105 cm³/mol. The lowest BCUT2D eigenvalue weighted by Crippen LogP contribution is -2.55. The molecule has 1 spiro atoms. The lowest BCUT2D eigenvalue weighted by molar-refractivity contribution is -0.145. The summed E-state index contributed by atoms with van der Waals surface area (Å²) in [5.41, 5.74) is 1.92. The number of carbonyl (C=O) groups excluding carboxylic acids is 2. The molecule has 7 heteroatoms. The molecule has 28 heavy (non-hydrogen) atoms. The van der Waals surface area contributed by atoms with E-state index < -0.39 is 0 Å². The number of imidazole rings is 1. The summed E-state index contributed by atoms with van der Waals surface area (Å²) >= 11 is 0. The fourth-order valence-corrected chi connectivity index (χ4v) is 4.54. The number of benzene rings is 1. The van der Waals surface area contributed by atoms with Crippen molar-refractivity contribution in [1.29, 1.82) is 0 Å². The van der Waals surface area contributed by atoms with Crippen LogP contribution in [0.3, 0.4) is 0 Å². The number of rotatable bonds is 5. The molecule has 2 aliphatic heterocycles. The van der Waals surface area contributed by atoms with Crippen LogP contribution in [-0.4, -0.2) is 64.4 Å². The third-order valence-corrected chi connectivity index (χ3v) is 6.05. The molecule has 1 unspecified atom stereocenters. The van der Waals surface area contributed by atoms with Gasteiger partial charge in [0.05, 0.1) is 11.0 Å². The number of fused-ring (bicyclic) bond motifs is 1. The maximum atomic E-state index is 12.7. The summed E-state index contributed by atoms with van der Waals surface area (Å²) in [7, 11) is 0. The Kier molecular flexibility index (Phi) is 5.35. The number of nitrogens with zero attached hydrogens (tertiary/aromatic N) is 3. The quantitative estimate of drug-likeness (QED) is 0.858. The maximum Gasteiger partial charge on any atom is 0.248 e. The molecule has 1 atom stereocenters. The van der Waals surface area contributed by atoms with Crippen molar-refractivity contribution in [3.8, 4) is 0 Å². The largest absolute Gasteiger partial charge is 0.364 e. The highest BCUT2D eigenvalue weighted by molar-refractivity contribution is 5.79. The van der Waals surface area contributed by atoms with Gasteiger partial charge in [-0.3, -0.25) is 9.59 Å². The van der Waals surface area contributed by atoms with Gasteiger partial charge in [0, 0.05) is 38.0 Å². The molecule has 150 valence electrons. The Hall–Kier alpha value is -2.41. The molecule has 1 aromatic heterocycles. The van der Waals surface area contributed by atoms with E-state index in [0.717, 1.165) is 62.3 Å². The van der Waals surface area contributed by atoms with Gasteiger partial charge in [-0.05, 0) is 38.3 Å². The molecule has 0 bridgehead atoms. The third kappa shape index (κ3) is 3.90. The maximum absolute atomic E-state index is 12.7. The summed E-state index contributed by atoms with van der Waals surface area (Å²) in [5.74, 6) is 0.995. The number of piperidine rings is 2. The van der Waals surface area contributed by atoms with Gasteiger partial charge in [0.15, 0.2) is 0 Å². The normalized spacial score (nSPS) is 23.0. The predicted octanol–water partition coefficient (Wildman–Crippen LogP) is 2.33. The number of hydrogen-bond donors (Lipinski definition) is 1. The third-order valence-electron chi connectivity index (χ3n) is 6.05. The standard InChI is InChI=1S/C21H28N4O3/c1-2-24-14-21(10-8-19(24)26)9-5-11-25(15-21)20(27)13-28-12-18-22-16-6-3-4-7-17(16)23-18/h3-4,6-7H,2,5,8-15H2,1H3,(H,22,23). The summed E-state index contributed by atoms with van der Waals surface area (Å²) in [4.78, 5) is 36.3. The molecule has 0 saturated carbocycles. The van der Waals surface area contributed by atoms with Crippen LogP contribution >= 0.6 is 0 Å². The summed E-state index contributed by atoms with van der Waals surface area (Å²) in [5, 5.41) is 0. The zero-order valence-electron chi connectivity index (χ0n) is 16.4. The Bertz CT molecular complexity index is 831. The topological polar surface area (TPSA) is 78.5 Å². The van der Waals surface area contributed by atoms with E-state index in [2.05, 4.69) is 9.97 Å². The van der Waals surface area contributed by atoms with Crippen LogP contribution in [0, 0.1) is 5.41 Å². The Morgan fingerprint density at radius 3 is 2.96 bits per heavy atom. The molecule has 2 saturated heterocycles. The van der Waals surface area contributed by atoms with Crippen LogP contribution in [0.15, 0.2) is 24.3 Å². The van der Waals surface area contributed by atoms with Gasteiger partial charge in [0.25, 0.3) is 0 Å². The smallest absolute Gasteiger partial charge is 0.248 e. The number of ether oxygens (including phenoxy) is 1. The number of hydrogen-bond acceptors (Lipinski definition) is 4. The number of para-hydroxylation sites is 2. The first-order valence-electron chi connectivity index (χ1n) is 10.2. The van der Waals surface area contributed by atoms with E-state index in [9.17, 15) is 9.59 Å². The number of nitrogens with one attached hydrogen (secondary N) is 1. The summed E-state index contributed by atoms with van der Waals surface area (Å²) < 4.78 is 5.65. The first-order chi connectivity index (χ1) is 13.6. The van der Waals surface area contributed by atoms with Crippen molar-refractivity contribution in [2.75, 3.05) is 32.8 Å². The minimum absolute atomic E-state index is 0.0233. The van der Waals surface area contributed by atoms with Gasteiger partial charge in [0.2, 0.25) is 11.8 Å². The second-order valence-electron chi connectivity index (χ2n) is 8.02. The molecule has 2 aliphatic rings. The van der Waals surface area contributed by atoms with E-state index in [-0.39, 0.29) is 30.4 Å². The lowest BCUT2D eigenvalue weighted by atomic mass is 9.73. The number of H-pyrrole nitrogens is 1. The first-order valence-corrected chi connectivity index (χ1v) is 10.2. The lowest BCUT2D eigenvalue weighted by Gasteiger charge is -2.48. The van der Waals surface area contributed by atoms with Gasteiger partial charge in [-0.2, -0.15) is 0 Å². The molecule has 0 radical (unpaired) electrons. The molecule has 7 nitrogen and oxygen atoms in total. The van der Waals surface area contributed by atoms with Gasteiger partial charge in [-0.15, -0.1) is 0 Å². The van der Waals surface area contributed by atoms with Gasteiger partial charge in [0.1, 0.15) is 19.0 Å². The molecule has 2 amide bonds. The average Bonchev–Trinajstić information content (AvgIpc) is 3.13. The van der Waals surface area contributed by atoms with Gasteiger partial charge in [-0.25, -0.2) is 4.98 Å². The average molecular weight is 384 g/mol. The van der Waals surface area contributed by atoms with E-state index in [1.165, 1.54) is 0 Å². The van der Waals surface area contributed by atoms with Crippen molar-refractivity contribution >= 4 is 22.8 Å². The van der Waals surface area contributed by atoms with E-state index in [1.54, 1.807) is 0 Å². The highest BCUT2D eigenvalue weighted by atomic mass is 16.5. The van der Waals surface area contributed by atoms with Crippen molar-refractivity contribution in [3.63, 3.8) is 0 Å². The summed E-state index contributed by atoms with van der Waals surface area (Å²) in [6.07, 6.45) is 3.55. The molecule has 3 heterocycles. The van der Waals surface area contributed by atoms with Crippen molar-refractivity contribution in [2.45, 2.75) is 39.2 Å². The van der Waals surface area contributed by atoms with Crippen LogP contribution in [-0.2, 0) is 20.9 Å². The molecular weight excluding hydrogens is 356 g/mol. The van der Waals surface area contributed by atoms with E-state index in [1.807, 2.05) is 41.0 Å². The number of likely N-dealkylation sites (tertiary alicyclic amines) is 2. The molecule has 1 N–H and O–H groups in total. The Labute approximate surface area is 165 Å². The second-order valence-corrected chi connectivity index (χ2v) is 8.02. The molecule has 2 fully saturated rings. The molecular formula is C21H28N4O3. The monoisotopic (exact) mass is 384 g/mol. The molecule has 4 rings (SSSR count). The fourth-order valence-electron chi connectivity index (χ4n) is 4.54. The van der Waals surface area contributed by atoms with Crippen molar-refractivity contribution in [1.82, 2.24) is 19.8 Å². The second kappa shape index (κ2) is 7.91. The summed E-state index contributed by atoms with van der Waals surface area (Å²) in [6, 6.07) is 7.82. The van der Waals surface area contributed by atoms with Crippen LogP contribution in [0.5, 0.6) is 0 Å². The first kappa shape index (κ1) is 18.9. The number of amides is 2. The number of carbonyl (C=O) groups is 2. The van der Waals surface area contributed by atoms with Crippen LogP contribution in [0.4, 0.5) is 0 Å². The zero-order valence-corrected chi connectivity index (χ0v) is 16.4. The highest BCUT2D eigenvalue weighted by Crippen LogP contribution is 2.38. The Morgan fingerprint density at radius 2 is 2.14 bits per heavy atom. The van der Waals surface area contributed by atoms with Gasteiger partial charge >= 0.3 is 0 Å². The zero-order chi connectivity index (χ0) is 19.6. The molecule has 1 aromatic carbocycles. The van der Waals surface area contributed by atoms with Crippen LogP contribution in [0.25, 0.3) is 11.0 Å². The van der Waals surface area contributed by atoms with Crippen molar-refractivity contribution < 1.29 is 14.3 Å². The van der Waals surface area contributed by atoms with E-state index in [4.69, 9.17) is 4.74 Å². The SMILES string of the molecule is CCN1CC2(CCCN(C(=O)COCc3nc4ccccc4[nH]3)C2)CCC1=O. The minimum Gasteiger partial charge on any atom is -0.364 e. The summed E-state index contributed by atoms with van der Waals surface area (Å²) in [6.45, 7) is 5.38. The van der Waals surface area contributed by atoms with Crippen molar-refractivity contribution in [3.05, 3.63) is 30.1 Å². The molecule has 2 aromatic rings. The Balaban J connectivity index is 1.31. The van der Waals surface area contributed by atoms with Crippen LogP contribution in [0.2, 0.25) is 0 Å².